The maximum atomic E-state index is 13.0. The van der Waals surface area contributed by atoms with E-state index in [0.29, 0.717) is 31.1 Å². The first-order chi connectivity index (χ1) is 13.9. The first kappa shape index (κ1) is 21.1. The predicted molar refractivity (Wildman–Crippen MR) is 106 cm³/mol. The third kappa shape index (κ3) is 5.24. The smallest absolute Gasteiger partial charge is 0.262 e. The normalized spacial score (nSPS) is 14.6. The Morgan fingerprint density at radius 3 is 2.45 bits per heavy atom. The fourth-order valence-electron chi connectivity index (χ4n) is 3.01. The first-order valence-electron chi connectivity index (χ1n) is 9.35. The van der Waals surface area contributed by atoms with Gasteiger partial charge in [0.1, 0.15) is 22.2 Å². The van der Waals surface area contributed by atoms with Gasteiger partial charge in [0.25, 0.3) is 5.91 Å². The number of sulfonamides is 1. The van der Waals surface area contributed by atoms with Crippen LogP contribution in [-0.2, 0) is 14.8 Å². The number of benzene rings is 2. The molecule has 0 spiro atoms. The number of carbonyl (C=O) groups is 1. The molecule has 0 aromatic heterocycles. The van der Waals surface area contributed by atoms with Crippen LogP contribution in [0, 0.1) is 5.82 Å². The summed E-state index contributed by atoms with van der Waals surface area (Å²) in [6.07, 6.45) is 1.64. The minimum atomic E-state index is -3.72. The van der Waals surface area contributed by atoms with Gasteiger partial charge in [-0.15, -0.1) is 0 Å². The molecule has 0 unspecified atom stereocenters. The molecule has 1 N–H and O–H groups in total. The van der Waals surface area contributed by atoms with Gasteiger partial charge in [-0.3, -0.25) is 4.79 Å². The molecule has 1 aliphatic rings. The molecular weight excluding hydrogens is 399 g/mol. The zero-order valence-corrected chi connectivity index (χ0v) is 16.9. The average Bonchev–Trinajstić information content (AvgIpc) is 3.25. The summed E-state index contributed by atoms with van der Waals surface area (Å²) in [5.74, 6) is -0.267. The van der Waals surface area contributed by atoms with E-state index in [-0.39, 0.29) is 17.3 Å². The van der Waals surface area contributed by atoms with Crippen LogP contribution < -0.4 is 14.8 Å². The molecule has 9 heteroatoms. The second kappa shape index (κ2) is 9.23. The summed E-state index contributed by atoms with van der Waals surface area (Å²) in [7, 11) is -3.72. The second-order valence-electron chi connectivity index (χ2n) is 6.50. The van der Waals surface area contributed by atoms with Gasteiger partial charge in [0, 0.05) is 18.8 Å². The summed E-state index contributed by atoms with van der Waals surface area (Å²) in [4.78, 5) is 12.2. The van der Waals surface area contributed by atoms with Gasteiger partial charge in [-0.1, -0.05) is 0 Å². The number of hydrogen-bond acceptors (Lipinski definition) is 5. The molecule has 0 saturated carbocycles. The lowest BCUT2D eigenvalue weighted by molar-refractivity contribution is -0.118. The Morgan fingerprint density at radius 2 is 1.79 bits per heavy atom. The molecule has 2 aromatic carbocycles. The molecule has 1 aliphatic heterocycles. The molecule has 156 valence electrons. The molecule has 0 atom stereocenters. The molecule has 1 amide bonds. The lowest BCUT2D eigenvalue weighted by atomic mass is 10.3. The van der Waals surface area contributed by atoms with E-state index in [1.54, 1.807) is 13.0 Å². The van der Waals surface area contributed by atoms with Crippen molar-refractivity contribution >= 4 is 21.6 Å². The molecular formula is C20H23FN2O5S. The van der Waals surface area contributed by atoms with Gasteiger partial charge >= 0.3 is 0 Å². The van der Waals surface area contributed by atoms with Gasteiger partial charge in [0.05, 0.1) is 6.61 Å². The lowest BCUT2D eigenvalue weighted by Crippen LogP contribution is -2.28. The number of anilines is 1. The summed E-state index contributed by atoms with van der Waals surface area (Å²) in [6.45, 7) is 2.73. The number of hydrogen-bond donors (Lipinski definition) is 1. The number of amides is 1. The van der Waals surface area contributed by atoms with E-state index in [1.165, 1.54) is 40.7 Å². The van der Waals surface area contributed by atoms with Crippen molar-refractivity contribution in [1.82, 2.24) is 4.31 Å². The highest BCUT2D eigenvalue weighted by Gasteiger charge is 2.30. The monoisotopic (exact) mass is 422 g/mol. The second-order valence-corrected chi connectivity index (χ2v) is 8.40. The third-order valence-corrected chi connectivity index (χ3v) is 6.31. The number of nitrogens with one attached hydrogen (secondary N) is 1. The number of nitrogens with zero attached hydrogens (tertiary/aromatic N) is 1. The van der Waals surface area contributed by atoms with E-state index in [2.05, 4.69) is 5.32 Å². The SMILES string of the molecule is CCOc1ccc(NC(=O)COc2ccc(F)cc2)cc1S(=O)(=O)N1CCCC1. The molecule has 2 aromatic rings. The third-order valence-electron chi connectivity index (χ3n) is 4.39. The van der Waals surface area contributed by atoms with Gasteiger partial charge in [-0.2, -0.15) is 4.31 Å². The molecule has 1 saturated heterocycles. The Kier molecular flexibility index (Phi) is 6.71. The fourth-order valence-corrected chi connectivity index (χ4v) is 4.68. The predicted octanol–water partition coefficient (Wildman–Crippen LogP) is 3.03. The highest BCUT2D eigenvalue weighted by molar-refractivity contribution is 7.89. The van der Waals surface area contributed by atoms with Crippen LogP contribution in [0.2, 0.25) is 0 Å². The molecule has 0 radical (unpaired) electrons. The zero-order valence-electron chi connectivity index (χ0n) is 16.1. The Morgan fingerprint density at radius 1 is 1.10 bits per heavy atom. The topological polar surface area (TPSA) is 84.9 Å². The van der Waals surface area contributed by atoms with Crippen molar-refractivity contribution in [3.63, 3.8) is 0 Å². The maximum Gasteiger partial charge on any atom is 0.262 e. The highest BCUT2D eigenvalue weighted by Crippen LogP contribution is 2.31. The summed E-state index contributed by atoms with van der Waals surface area (Å²) < 4.78 is 51.1. The molecule has 0 bridgehead atoms. The summed E-state index contributed by atoms with van der Waals surface area (Å²) in [6, 6.07) is 9.80. The van der Waals surface area contributed by atoms with Crippen LogP contribution >= 0.6 is 0 Å². The standard InChI is InChI=1S/C20H23FN2O5S/c1-2-27-18-10-7-16(13-19(18)29(25,26)23-11-3-4-12-23)22-20(24)14-28-17-8-5-15(21)6-9-17/h5-10,13H,2-4,11-12,14H2,1H3,(H,22,24). The highest BCUT2D eigenvalue weighted by atomic mass is 32.2. The minimum absolute atomic E-state index is 0.0264. The fraction of sp³-hybridized carbons (Fsp3) is 0.350. The molecule has 1 fully saturated rings. The summed E-state index contributed by atoms with van der Waals surface area (Å²) >= 11 is 0. The molecule has 7 nitrogen and oxygen atoms in total. The van der Waals surface area contributed by atoms with Gasteiger partial charge in [-0.25, -0.2) is 12.8 Å². The maximum absolute atomic E-state index is 13.0. The van der Waals surface area contributed by atoms with E-state index in [1.807, 2.05) is 0 Å². The molecule has 3 rings (SSSR count). The Hall–Kier alpha value is -2.65. The van der Waals surface area contributed by atoms with E-state index in [4.69, 9.17) is 9.47 Å². The van der Waals surface area contributed by atoms with Crippen LogP contribution in [-0.4, -0.2) is 44.9 Å². The number of rotatable bonds is 8. The van der Waals surface area contributed by atoms with Crippen LogP contribution in [0.4, 0.5) is 10.1 Å². The zero-order chi connectivity index (χ0) is 20.9. The van der Waals surface area contributed by atoms with Crippen LogP contribution in [0.3, 0.4) is 0 Å². The number of ether oxygens (including phenoxy) is 2. The lowest BCUT2D eigenvalue weighted by Gasteiger charge is -2.19. The quantitative estimate of drug-likeness (QED) is 0.707. The van der Waals surface area contributed by atoms with Crippen molar-refractivity contribution < 1.29 is 27.1 Å². The van der Waals surface area contributed by atoms with E-state index >= 15 is 0 Å². The molecule has 0 aliphatic carbocycles. The largest absolute Gasteiger partial charge is 0.492 e. The van der Waals surface area contributed by atoms with Crippen LogP contribution in [0.25, 0.3) is 0 Å². The van der Waals surface area contributed by atoms with Gasteiger partial charge in [0.2, 0.25) is 10.0 Å². The minimum Gasteiger partial charge on any atom is -0.492 e. The van der Waals surface area contributed by atoms with Gasteiger partial charge in [-0.05, 0) is 62.2 Å². The van der Waals surface area contributed by atoms with Crippen LogP contribution in [0.1, 0.15) is 19.8 Å². The summed E-state index contributed by atoms with van der Waals surface area (Å²) in [5.41, 5.74) is 0.318. The first-order valence-corrected chi connectivity index (χ1v) is 10.8. The number of carbonyl (C=O) groups excluding carboxylic acids is 1. The molecule has 29 heavy (non-hydrogen) atoms. The van der Waals surface area contributed by atoms with E-state index in [0.717, 1.165) is 12.8 Å². The Labute approximate surface area is 169 Å². The Balaban J connectivity index is 1.73. The average molecular weight is 422 g/mol. The van der Waals surface area contributed by atoms with Gasteiger partial charge < -0.3 is 14.8 Å². The van der Waals surface area contributed by atoms with E-state index < -0.39 is 21.7 Å². The molecule has 1 heterocycles. The Bertz CT molecular complexity index is 957. The van der Waals surface area contributed by atoms with Crippen molar-refractivity contribution in [2.75, 3.05) is 31.6 Å². The van der Waals surface area contributed by atoms with Gasteiger partial charge in [0.15, 0.2) is 6.61 Å². The van der Waals surface area contributed by atoms with Crippen molar-refractivity contribution in [1.29, 1.82) is 0 Å². The van der Waals surface area contributed by atoms with Crippen LogP contribution in [0.5, 0.6) is 11.5 Å². The van der Waals surface area contributed by atoms with Crippen LogP contribution in [0.15, 0.2) is 47.4 Å². The van der Waals surface area contributed by atoms with Crippen molar-refractivity contribution in [2.24, 2.45) is 0 Å². The van der Waals surface area contributed by atoms with Crippen molar-refractivity contribution in [2.45, 2.75) is 24.7 Å². The summed E-state index contributed by atoms with van der Waals surface area (Å²) in [5, 5.41) is 2.62. The van der Waals surface area contributed by atoms with Crippen molar-refractivity contribution in [3.8, 4) is 11.5 Å². The number of halogens is 1. The van der Waals surface area contributed by atoms with E-state index in [9.17, 15) is 17.6 Å². The van der Waals surface area contributed by atoms with Crippen molar-refractivity contribution in [3.05, 3.63) is 48.3 Å².